The van der Waals surface area contributed by atoms with Crippen LogP contribution >= 0.6 is 34.0 Å². The molecule has 0 atom stereocenters. The van der Waals surface area contributed by atoms with Crippen molar-refractivity contribution in [3.63, 3.8) is 0 Å². The van der Waals surface area contributed by atoms with Crippen molar-refractivity contribution < 1.29 is 65.4 Å². The maximum atomic E-state index is 4.32. The molecule has 0 aliphatic heterocycles. The molecule has 1 aliphatic rings. The number of rotatable bonds is 0. The molecule has 8 heterocycles. The number of aromatic nitrogens is 4. The first-order chi connectivity index (χ1) is 33.5. The Labute approximate surface area is 493 Å². The predicted octanol–water partition coefficient (Wildman–Crippen LogP) is 18.0. The molecular weight excluding hydrogens is 1090 g/mol. The number of fused-ring (bicyclic) bond motifs is 5. The van der Waals surface area contributed by atoms with E-state index in [1.807, 2.05) is 49.0 Å². The summed E-state index contributed by atoms with van der Waals surface area (Å²) in [7, 11) is 0. The Morgan fingerprint density at radius 3 is 1.64 bits per heavy atom. The first-order valence-corrected chi connectivity index (χ1v) is 26.6. The number of hydrogen-bond donors (Lipinski definition) is 0. The Kier molecular flexibility index (Phi) is 24.6. The van der Waals surface area contributed by atoms with Crippen LogP contribution in [-0.4, -0.2) is 18.8 Å². The van der Waals surface area contributed by atoms with Crippen LogP contribution in [0.1, 0.15) is 92.3 Å². The minimum atomic E-state index is 0. The van der Waals surface area contributed by atoms with Gasteiger partial charge in [-0.3, -0.25) is 11.3 Å². The van der Waals surface area contributed by atoms with Crippen LogP contribution in [0.3, 0.4) is 0 Å². The summed E-state index contributed by atoms with van der Waals surface area (Å²) in [6.07, 6.45) is 11.9. The molecule has 4 nitrogen and oxygen atoms in total. The van der Waals surface area contributed by atoms with Crippen LogP contribution in [0, 0.1) is 109 Å². The van der Waals surface area contributed by atoms with Crippen molar-refractivity contribution in [2.45, 2.75) is 116 Å². The molecule has 0 unspecified atom stereocenters. The van der Waals surface area contributed by atoms with E-state index in [-0.39, 0.29) is 65.4 Å². The second kappa shape index (κ2) is 29.2. The molecule has 0 bridgehead atoms. The van der Waals surface area contributed by atoms with E-state index in [0.717, 1.165) is 10.5 Å². The molecule has 368 valence electrons. The van der Waals surface area contributed by atoms with E-state index in [4.69, 9.17) is 0 Å². The van der Waals surface area contributed by atoms with Gasteiger partial charge in [-0.15, -0.1) is 32.4 Å². The van der Waals surface area contributed by atoms with Gasteiger partial charge in [0.15, 0.2) is 0 Å². The fraction of sp³-hybridized carbons (Fsp3) is 0.270. The molecule has 1 aliphatic carbocycles. The standard InChI is InChI=1S/C12H12.C10H11N.C9H10N2.C9H9NS.C9H12S.C8H9.C6H7S.2Y/c1-9-7-8-10(2)12-6-4-3-5-11(9)12;1-8-5-6-9(2)11-7-3-4-10(8)11;1-7-3-4-8(2)11-6-5-10-9(7)11;1-6-3-8-4-7(2)11-9(8)10-5-6;1-6-8-4-3-5-9(8)7(2)10-6;1-7-3-5-8(2)6-4-7;1-5-3-4-6(2)7-5;;/h3-8H,1-2H3;3-7H,1-2H3;3-6H,1-2H3;3-5H,1-2H3;3-5H2,1-2H3;3-5H,1-2H3;3H,1-2H3;;/q;;;;;2*-1;;. The molecule has 0 spiro atoms. The summed E-state index contributed by atoms with van der Waals surface area (Å²) < 4.78 is 4.30. The smallest absolute Gasteiger partial charge is 0.139 e. The fourth-order valence-corrected chi connectivity index (χ4v) is 11.1. The van der Waals surface area contributed by atoms with Crippen LogP contribution in [0.5, 0.6) is 0 Å². The van der Waals surface area contributed by atoms with E-state index in [9.17, 15) is 0 Å². The topological polar surface area (TPSA) is 34.6 Å². The van der Waals surface area contributed by atoms with Gasteiger partial charge in [0.25, 0.3) is 0 Å². The molecule has 0 amide bonds. The molecule has 0 saturated heterocycles. The van der Waals surface area contributed by atoms with E-state index in [1.54, 1.807) is 43.6 Å². The third kappa shape index (κ3) is 17.1. The number of pyridine rings is 3. The van der Waals surface area contributed by atoms with Crippen LogP contribution in [0.2, 0.25) is 0 Å². The van der Waals surface area contributed by atoms with Gasteiger partial charge in [0.05, 0.1) is 0 Å². The van der Waals surface area contributed by atoms with Crippen molar-refractivity contribution in [1.29, 1.82) is 0 Å². The second-order valence-corrected chi connectivity index (χ2v) is 22.5. The Morgan fingerprint density at radius 1 is 0.500 bits per heavy atom. The summed E-state index contributed by atoms with van der Waals surface area (Å²) in [5, 5.41) is 4.02. The number of hydrogen-bond acceptors (Lipinski definition) is 5. The first-order valence-electron chi connectivity index (χ1n) is 24.2. The largest absolute Gasteiger partial charge is 0.321 e. The predicted molar refractivity (Wildman–Crippen MR) is 307 cm³/mol. The number of benzene rings is 3. The van der Waals surface area contributed by atoms with Gasteiger partial charge < -0.3 is 8.80 Å². The Hall–Kier alpha value is -3.91. The Balaban J connectivity index is 0.000000183. The maximum Gasteiger partial charge on any atom is 0.139 e. The first kappa shape index (κ1) is 60.6. The summed E-state index contributed by atoms with van der Waals surface area (Å²) in [6, 6.07) is 44.3. The molecule has 9 heteroatoms. The van der Waals surface area contributed by atoms with E-state index in [0.29, 0.717) is 0 Å². The second-order valence-electron chi connectivity index (χ2n) is 18.3. The fourth-order valence-electron chi connectivity index (χ4n) is 8.43. The van der Waals surface area contributed by atoms with Crippen LogP contribution < -0.4 is 0 Å². The summed E-state index contributed by atoms with van der Waals surface area (Å²) in [5.41, 5.74) is 17.2. The molecular formula is C63H70N4S3Y2-2. The third-order valence-electron chi connectivity index (χ3n) is 12.3. The summed E-state index contributed by atoms with van der Waals surface area (Å²) >= 11 is 5.51. The minimum absolute atomic E-state index is 0. The average Bonchev–Trinajstić information content (AvgIpc) is 4.22. The zero-order valence-corrected chi connectivity index (χ0v) is 53.1. The summed E-state index contributed by atoms with van der Waals surface area (Å²) in [6.45, 7) is 29.7. The molecule has 0 fully saturated rings. The van der Waals surface area contributed by atoms with E-state index in [1.165, 1.54) is 106 Å². The average molecular weight is 1160 g/mol. The normalized spacial score (nSPS) is 10.8. The molecule has 12 rings (SSSR count). The van der Waals surface area contributed by atoms with E-state index >= 15 is 0 Å². The monoisotopic (exact) mass is 1160 g/mol. The van der Waals surface area contributed by atoms with E-state index < -0.39 is 0 Å². The SMILES string of the molecule is Cc1[c-]cc(C)cc1.Cc1[c-]cc(C)s1.Cc1ccc(C)c2ccccc12.Cc1ccc(C)n2cccc12.Cc1ccc(C)n2ccnc12.Cc1cnc2sc(C)cc2c1.Cc1sc(C)c2c1CCC2.[Y].[Y]. The number of aryl methyl sites for hydroxylation is 14. The van der Waals surface area contributed by atoms with Gasteiger partial charge in [0.1, 0.15) is 10.5 Å². The van der Waals surface area contributed by atoms with Crippen molar-refractivity contribution in [2.75, 3.05) is 0 Å². The van der Waals surface area contributed by atoms with Crippen LogP contribution in [0.4, 0.5) is 0 Å². The molecule has 2 radical (unpaired) electrons. The third-order valence-corrected chi connectivity index (χ3v) is 15.3. The van der Waals surface area contributed by atoms with Crippen molar-refractivity contribution in [1.82, 2.24) is 18.8 Å². The number of imidazole rings is 1. The van der Waals surface area contributed by atoms with E-state index in [2.05, 4.69) is 224 Å². The number of nitrogens with zero attached hydrogens (tertiary/aromatic N) is 4. The van der Waals surface area contributed by atoms with Gasteiger partial charge in [0, 0.05) is 127 Å². The molecule has 0 N–H and O–H groups in total. The van der Waals surface area contributed by atoms with Crippen molar-refractivity contribution in [3.8, 4) is 0 Å². The van der Waals surface area contributed by atoms with Crippen LogP contribution in [0.15, 0.2) is 134 Å². The number of thiophene rings is 3. The zero-order valence-electron chi connectivity index (χ0n) is 45.0. The van der Waals surface area contributed by atoms with Gasteiger partial charge in [-0.1, -0.05) is 69.3 Å². The van der Waals surface area contributed by atoms with Gasteiger partial charge in [-0.2, -0.15) is 35.4 Å². The van der Waals surface area contributed by atoms with Crippen molar-refractivity contribution >= 4 is 66.2 Å². The molecule has 0 saturated carbocycles. The van der Waals surface area contributed by atoms with Crippen molar-refractivity contribution in [3.05, 3.63) is 232 Å². The maximum absolute atomic E-state index is 4.32. The van der Waals surface area contributed by atoms with Gasteiger partial charge in [0.2, 0.25) is 0 Å². The van der Waals surface area contributed by atoms with Crippen LogP contribution in [0.25, 0.3) is 32.2 Å². The molecule has 11 aromatic rings. The molecule has 8 aromatic heterocycles. The molecule has 3 aromatic carbocycles. The Bertz CT molecular complexity index is 3170. The van der Waals surface area contributed by atoms with Crippen molar-refractivity contribution in [2.24, 2.45) is 0 Å². The van der Waals surface area contributed by atoms with Crippen LogP contribution in [-0.2, 0) is 78.3 Å². The minimum Gasteiger partial charge on any atom is -0.321 e. The molecule has 72 heavy (non-hydrogen) atoms. The Morgan fingerprint density at radius 2 is 1.11 bits per heavy atom. The summed E-state index contributed by atoms with van der Waals surface area (Å²) in [5.74, 6) is 0. The zero-order chi connectivity index (χ0) is 50.5. The van der Waals surface area contributed by atoms with Gasteiger partial charge in [-0.05, 0) is 182 Å². The van der Waals surface area contributed by atoms with Gasteiger partial charge >= 0.3 is 0 Å². The quantitative estimate of drug-likeness (QED) is 0.142. The van der Waals surface area contributed by atoms with Gasteiger partial charge in [-0.25, -0.2) is 22.1 Å². The summed E-state index contributed by atoms with van der Waals surface area (Å²) in [4.78, 5) is 16.8.